The summed E-state index contributed by atoms with van der Waals surface area (Å²) >= 11 is 1.66. The highest BCUT2D eigenvalue weighted by Gasteiger charge is 2.16. The molecule has 16 heavy (non-hydrogen) atoms. The Morgan fingerprint density at radius 3 is 2.69 bits per heavy atom. The highest BCUT2D eigenvalue weighted by Crippen LogP contribution is 2.24. The van der Waals surface area contributed by atoms with Crippen molar-refractivity contribution in [2.24, 2.45) is 0 Å². The van der Waals surface area contributed by atoms with Crippen molar-refractivity contribution >= 4 is 41.3 Å². The SMILES string of the molecule is CCCN1CCc2nc(N)sc2CC1.Cl.Cl. The molecule has 94 valence electrons. The summed E-state index contributed by atoms with van der Waals surface area (Å²) in [5.74, 6) is 0. The van der Waals surface area contributed by atoms with Crippen molar-refractivity contribution in [3.63, 3.8) is 0 Å². The Balaban J connectivity index is 0.00000112. The van der Waals surface area contributed by atoms with E-state index in [1.807, 2.05) is 0 Å². The van der Waals surface area contributed by atoms with Crippen LogP contribution in [-0.4, -0.2) is 29.5 Å². The zero-order valence-electron chi connectivity index (χ0n) is 9.44. The molecule has 0 bridgehead atoms. The summed E-state index contributed by atoms with van der Waals surface area (Å²) in [6.07, 6.45) is 3.44. The minimum absolute atomic E-state index is 0. The number of hydrogen-bond donors (Lipinski definition) is 1. The monoisotopic (exact) mass is 283 g/mol. The molecule has 1 aliphatic heterocycles. The van der Waals surface area contributed by atoms with Gasteiger partial charge in [-0.15, -0.1) is 36.2 Å². The van der Waals surface area contributed by atoms with Gasteiger partial charge in [-0.05, 0) is 19.4 Å². The molecule has 0 unspecified atom stereocenters. The Morgan fingerprint density at radius 2 is 2.00 bits per heavy atom. The van der Waals surface area contributed by atoms with Gasteiger partial charge >= 0.3 is 0 Å². The predicted molar refractivity (Wildman–Crippen MR) is 75.2 cm³/mol. The van der Waals surface area contributed by atoms with Crippen molar-refractivity contribution in [3.8, 4) is 0 Å². The van der Waals surface area contributed by atoms with Crippen LogP contribution in [0.2, 0.25) is 0 Å². The molecule has 0 fully saturated rings. The molecule has 1 aliphatic rings. The van der Waals surface area contributed by atoms with Crippen LogP contribution < -0.4 is 5.73 Å². The van der Waals surface area contributed by atoms with Gasteiger partial charge in [0.1, 0.15) is 0 Å². The van der Waals surface area contributed by atoms with Gasteiger partial charge in [0.15, 0.2) is 5.13 Å². The average molecular weight is 284 g/mol. The van der Waals surface area contributed by atoms with Crippen molar-refractivity contribution in [2.45, 2.75) is 26.2 Å². The first-order chi connectivity index (χ1) is 6.79. The number of nitrogen functional groups attached to an aromatic ring is 1. The normalized spacial score (nSPS) is 15.6. The summed E-state index contributed by atoms with van der Waals surface area (Å²) in [6.45, 7) is 5.76. The number of thiazole rings is 1. The van der Waals surface area contributed by atoms with Gasteiger partial charge in [-0.3, -0.25) is 0 Å². The van der Waals surface area contributed by atoms with E-state index in [0.717, 1.165) is 24.5 Å². The molecule has 2 N–H and O–H groups in total. The largest absolute Gasteiger partial charge is 0.375 e. The van der Waals surface area contributed by atoms with E-state index >= 15 is 0 Å². The van der Waals surface area contributed by atoms with Crippen molar-refractivity contribution in [1.82, 2.24) is 9.88 Å². The van der Waals surface area contributed by atoms with E-state index in [9.17, 15) is 0 Å². The van der Waals surface area contributed by atoms with E-state index in [1.165, 1.54) is 30.1 Å². The van der Waals surface area contributed by atoms with Crippen LogP contribution in [0.5, 0.6) is 0 Å². The molecular weight excluding hydrogens is 265 g/mol. The third-order valence-corrected chi connectivity index (χ3v) is 3.64. The van der Waals surface area contributed by atoms with Gasteiger partial charge in [-0.25, -0.2) is 4.98 Å². The molecule has 2 rings (SSSR count). The summed E-state index contributed by atoms with van der Waals surface area (Å²) in [7, 11) is 0. The third kappa shape index (κ3) is 3.77. The Labute approximate surface area is 113 Å². The maximum atomic E-state index is 5.70. The van der Waals surface area contributed by atoms with Gasteiger partial charge in [0.05, 0.1) is 5.69 Å². The number of fused-ring (bicyclic) bond motifs is 1. The first-order valence-corrected chi connectivity index (χ1v) is 6.07. The van der Waals surface area contributed by atoms with Crippen LogP contribution in [0.15, 0.2) is 0 Å². The summed E-state index contributed by atoms with van der Waals surface area (Å²) in [5, 5.41) is 0.735. The molecule has 0 saturated heterocycles. The van der Waals surface area contributed by atoms with E-state index < -0.39 is 0 Å². The maximum Gasteiger partial charge on any atom is 0.180 e. The van der Waals surface area contributed by atoms with Crippen LogP contribution in [0.4, 0.5) is 5.13 Å². The van der Waals surface area contributed by atoms with Gasteiger partial charge in [0, 0.05) is 24.4 Å². The number of rotatable bonds is 2. The molecule has 0 aromatic carbocycles. The van der Waals surface area contributed by atoms with Crippen LogP contribution >= 0.6 is 36.2 Å². The van der Waals surface area contributed by atoms with Gasteiger partial charge in [0.2, 0.25) is 0 Å². The molecule has 0 spiro atoms. The van der Waals surface area contributed by atoms with Gasteiger partial charge < -0.3 is 10.6 Å². The molecule has 2 heterocycles. The fraction of sp³-hybridized carbons (Fsp3) is 0.700. The molecule has 0 atom stereocenters. The lowest BCUT2D eigenvalue weighted by Crippen LogP contribution is -2.27. The fourth-order valence-corrected chi connectivity index (χ4v) is 2.84. The number of nitrogens with two attached hydrogens (primary N) is 1. The van der Waals surface area contributed by atoms with Gasteiger partial charge in [0.25, 0.3) is 0 Å². The van der Waals surface area contributed by atoms with Crippen molar-refractivity contribution in [2.75, 3.05) is 25.4 Å². The molecule has 6 heteroatoms. The van der Waals surface area contributed by atoms with Gasteiger partial charge in [-0.2, -0.15) is 0 Å². The van der Waals surface area contributed by atoms with Crippen molar-refractivity contribution in [1.29, 1.82) is 0 Å². The van der Waals surface area contributed by atoms with Crippen molar-refractivity contribution < 1.29 is 0 Å². The average Bonchev–Trinajstić information content (AvgIpc) is 2.42. The fourth-order valence-electron chi connectivity index (χ4n) is 1.97. The topological polar surface area (TPSA) is 42.2 Å². The number of halogens is 2. The molecule has 0 aliphatic carbocycles. The second-order valence-corrected chi connectivity index (χ2v) is 4.88. The lowest BCUT2D eigenvalue weighted by molar-refractivity contribution is 0.288. The molecule has 0 saturated carbocycles. The number of hydrogen-bond acceptors (Lipinski definition) is 4. The highest BCUT2D eigenvalue weighted by molar-refractivity contribution is 7.15. The predicted octanol–water partition coefficient (Wildman–Crippen LogP) is 2.38. The standard InChI is InChI=1S/C10H17N3S.2ClH/c1-2-5-13-6-3-8-9(4-7-13)14-10(11)12-8;;/h2-7H2,1H3,(H2,11,12);2*1H. The highest BCUT2D eigenvalue weighted by atomic mass is 35.5. The first-order valence-electron chi connectivity index (χ1n) is 5.26. The van der Waals surface area contributed by atoms with E-state index in [0.29, 0.717) is 0 Å². The van der Waals surface area contributed by atoms with Gasteiger partial charge in [-0.1, -0.05) is 6.92 Å². The molecule has 0 amide bonds. The van der Waals surface area contributed by atoms with Crippen molar-refractivity contribution in [3.05, 3.63) is 10.6 Å². The lowest BCUT2D eigenvalue weighted by Gasteiger charge is -2.17. The lowest BCUT2D eigenvalue weighted by atomic mass is 10.2. The van der Waals surface area contributed by atoms with E-state index in [1.54, 1.807) is 11.3 Å². The minimum atomic E-state index is 0. The zero-order chi connectivity index (χ0) is 9.97. The zero-order valence-corrected chi connectivity index (χ0v) is 11.9. The Kier molecular flexibility index (Phi) is 7.31. The molecule has 3 nitrogen and oxygen atoms in total. The summed E-state index contributed by atoms with van der Waals surface area (Å²) in [6, 6.07) is 0. The third-order valence-electron chi connectivity index (χ3n) is 2.65. The van der Waals surface area contributed by atoms with Crippen LogP contribution in [0.1, 0.15) is 23.9 Å². The molecule has 0 radical (unpaired) electrons. The summed E-state index contributed by atoms with van der Waals surface area (Å²) in [4.78, 5) is 8.30. The molecule has 1 aromatic heterocycles. The summed E-state index contributed by atoms with van der Waals surface area (Å²) < 4.78 is 0. The Bertz CT molecular complexity index is 292. The number of aromatic nitrogens is 1. The quantitative estimate of drug-likeness (QED) is 0.906. The molecule has 1 aromatic rings. The number of nitrogens with zero attached hydrogens (tertiary/aromatic N) is 2. The van der Waals surface area contributed by atoms with Crippen LogP contribution in [-0.2, 0) is 12.8 Å². The first kappa shape index (κ1) is 16.0. The Morgan fingerprint density at radius 1 is 1.31 bits per heavy atom. The maximum absolute atomic E-state index is 5.70. The van der Waals surface area contributed by atoms with E-state index in [4.69, 9.17) is 5.73 Å². The minimum Gasteiger partial charge on any atom is -0.375 e. The second-order valence-electron chi connectivity index (χ2n) is 3.76. The Hall–Kier alpha value is -0.0300. The van der Waals surface area contributed by atoms with E-state index in [2.05, 4.69) is 16.8 Å². The van der Waals surface area contributed by atoms with Crippen LogP contribution in [0, 0.1) is 0 Å². The number of anilines is 1. The second kappa shape index (κ2) is 7.33. The molecular formula is C10H19Cl2N3S. The van der Waals surface area contributed by atoms with Crippen LogP contribution in [0.3, 0.4) is 0 Å². The van der Waals surface area contributed by atoms with E-state index in [-0.39, 0.29) is 24.8 Å². The summed E-state index contributed by atoms with van der Waals surface area (Å²) in [5.41, 5.74) is 6.94. The van der Waals surface area contributed by atoms with Crippen LogP contribution in [0.25, 0.3) is 0 Å². The smallest absolute Gasteiger partial charge is 0.180 e.